The number of nitrogens with zero attached hydrogens (tertiary/aromatic N) is 4. The summed E-state index contributed by atoms with van der Waals surface area (Å²) in [6.45, 7) is 0.421. The van der Waals surface area contributed by atoms with Crippen LogP contribution in [0.25, 0.3) is 16.6 Å². The van der Waals surface area contributed by atoms with Crippen molar-refractivity contribution >= 4 is 50.0 Å². The van der Waals surface area contributed by atoms with Gasteiger partial charge in [-0.15, -0.1) is 0 Å². The van der Waals surface area contributed by atoms with E-state index in [1.807, 2.05) is 47.0 Å². The zero-order valence-corrected chi connectivity index (χ0v) is 18.5. The predicted octanol–water partition coefficient (Wildman–Crippen LogP) is 4.62. The van der Waals surface area contributed by atoms with Crippen LogP contribution in [0.5, 0.6) is 0 Å². The van der Waals surface area contributed by atoms with Gasteiger partial charge in [-0.2, -0.15) is 8.42 Å². The molecule has 0 bridgehead atoms. The lowest BCUT2D eigenvalue weighted by Crippen LogP contribution is -2.29. The van der Waals surface area contributed by atoms with E-state index in [4.69, 9.17) is 28.2 Å². The van der Waals surface area contributed by atoms with Gasteiger partial charge in [-0.1, -0.05) is 53.5 Å². The fourth-order valence-electron chi connectivity index (χ4n) is 3.28. The molecule has 0 spiro atoms. The normalized spacial score (nSPS) is 11.7. The van der Waals surface area contributed by atoms with Crippen molar-refractivity contribution in [3.05, 3.63) is 82.9 Å². The first-order valence-electron chi connectivity index (χ1n) is 9.33. The first kappa shape index (κ1) is 21.6. The molecule has 10 heteroatoms. The van der Waals surface area contributed by atoms with E-state index in [2.05, 4.69) is 4.98 Å². The quantitative estimate of drug-likeness (QED) is 0.391. The Kier molecular flexibility index (Phi) is 6.15. The molecule has 0 aliphatic carbocycles. The van der Waals surface area contributed by atoms with Crippen molar-refractivity contribution in [3.63, 3.8) is 0 Å². The summed E-state index contributed by atoms with van der Waals surface area (Å²) in [5.74, 6) is 0.0522. The lowest BCUT2D eigenvalue weighted by Gasteiger charge is -2.25. The number of fused-ring (bicyclic) bond motifs is 1. The van der Waals surface area contributed by atoms with Crippen molar-refractivity contribution in [2.24, 2.45) is 0 Å². The fraction of sp³-hybridized carbons (Fsp3) is 0.143. The number of rotatable bonds is 7. The first-order valence-corrected chi connectivity index (χ1v) is 11.7. The molecule has 31 heavy (non-hydrogen) atoms. The first-order chi connectivity index (χ1) is 14.8. The van der Waals surface area contributed by atoms with Crippen LogP contribution >= 0.6 is 23.2 Å². The van der Waals surface area contributed by atoms with Crippen LogP contribution in [0.2, 0.25) is 10.0 Å². The molecule has 0 amide bonds. The number of anilines is 1. The van der Waals surface area contributed by atoms with Gasteiger partial charge < -0.3 is 9.47 Å². The monoisotopic (exact) mass is 476 g/mol. The lowest BCUT2D eigenvalue weighted by atomic mass is 10.1. The van der Waals surface area contributed by atoms with Gasteiger partial charge in [0.05, 0.1) is 33.3 Å². The molecule has 0 unspecified atom stereocenters. The number of halogens is 2. The number of hydrogen-bond donors (Lipinski definition) is 1. The molecule has 0 radical (unpaired) electrons. The average molecular weight is 477 g/mol. The van der Waals surface area contributed by atoms with Crippen molar-refractivity contribution in [1.29, 1.82) is 0 Å². The SMILES string of the molecule is O=S(=O)(O)CCN(Cc1ccccc1)c1cc(-n2ccnc2)c2ccc(Cl)c(Cl)c2n1. The highest BCUT2D eigenvalue weighted by molar-refractivity contribution is 7.85. The number of imidazole rings is 1. The van der Waals surface area contributed by atoms with Crippen LogP contribution in [-0.4, -0.2) is 39.8 Å². The van der Waals surface area contributed by atoms with Crippen LogP contribution in [-0.2, 0) is 16.7 Å². The van der Waals surface area contributed by atoms with Gasteiger partial charge in [0.1, 0.15) is 5.82 Å². The third-order valence-electron chi connectivity index (χ3n) is 4.78. The zero-order chi connectivity index (χ0) is 22.0. The van der Waals surface area contributed by atoms with Crippen LogP contribution in [0.1, 0.15) is 5.56 Å². The van der Waals surface area contributed by atoms with E-state index >= 15 is 0 Å². The van der Waals surface area contributed by atoms with Crippen LogP contribution in [0, 0.1) is 0 Å². The molecule has 4 rings (SSSR count). The molecule has 0 aliphatic rings. The minimum Gasteiger partial charge on any atom is -0.351 e. The zero-order valence-electron chi connectivity index (χ0n) is 16.2. The van der Waals surface area contributed by atoms with Crippen LogP contribution < -0.4 is 4.90 Å². The van der Waals surface area contributed by atoms with Gasteiger partial charge >= 0.3 is 0 Å². The van der Waals surface area contributed by atoms with Crippen LogP contribution in [0.3, 0.4) is 0 Å². The summed E-state index contributed by atoms with van der Waals surface area (Å²) in [4.78, 5) is 10.6. The Balaban J connectivity index is 1.87. The van der Waals surface area contributed by atoms with E-state index in [0.29, 0.717) is 27.9 Å². The summed E-state index contributed by atoms with van der Waals surface area (Å²) in [5, 5.41) is 1.44. The minimum absolute atomic E-state index is 0.0355. The highest BCUT2D eigenvalue weighted by atomic mass is 35.5. The largest absolute Gasteiger partial charge is 0.351 e. The summed E-state index contributed by atoms with van der Waals surface area (Å²) in [6, 6.07) is 14.9. The van der Waals surface area contributed by atoms with Gasteiger partial charge in [-0.05, 0) is 17.7 Å². The van der Waals surface area contributed by atoms with E-state index in [1.54, 1.807) is 29.7 Å². The van der Waals surface area contributed by atoms with Crippen molar-refractivity contribution in [3.8, 4) is 5.69 Å². The Morgan fingerprint density at radius 2 is 1.87 bits per heavy atom. The standard InChI is InChI=1S/C21H18Cl2N4O3S/c22-17-7-6-16-18(27-9-8-24-14-27)12-19(25-21(16)20(17)23)26(10-11-31(28,29)30)13-15-4-2-1-3-5-15/h1-9,12,14H,10-11,13H2,(H,28,29,30). The average Bonchev–Trinajstić information content (AvgIpc) is 3.28. The van der Waals surface area contributed by atoms with E-state index in [1.165, 1.54) is 0 Å². The maximum Gasteiger partial charge on any atom is 0.266 e. The summed E-state index contributed by atoms with van der Waals surface area (Å²) < 4.78 is 34.0. The molecule has 2 heterocycles. The number of pyridine rings is 1. The van der Waals surface area contributed by atoms with Crippen LogP contribution in [0.4, 0.5) is 5.82 Å². The molecule has 0 atom stereocenters. The van der Waals surface area contributed by atoms with Crippen molar-refractivity contribution in [2.45, 2.75) is 6.54 Å². The highest BCUT2D eigenvalue weighted by Crippen LogP contribution is 2.35. The summed E-state index contributed by atoms with van der Waals surface area (Å²) in [6.07, 6.45) is 5.10. The number of benzene rings is 2. The third kappa shape index (κ3) is 4.99. The Morgan fingerprint density at radius 3 is 2.55 bits per heavy atom. The molecule has 2 aromatic carbocycles. The van der Waals surface area contributed by atoms with Gasteiger partial charge in [0, 0.05) is 36.9 Å². The Hall–Kier alpha value is -2.65. The van der Waals surface area contributed by atoms with Gasteiger partial charge in [0.2, 0.25) is 0 Å². The molecule has 0 fully saturated rings. The minimum atomic E-state index is -4.16. The highest BCUT2D eigenvalue weighted by Gasteiger charge is 2.18. The maximum absolute atomic E-state index is 11.4. The van der Waals surface area contributed by atoms with Crippen molar-refractivity contribution < 1.29 is 13.0 Å². The summed E-state index contributed by atoms with van der Waals surface area (Å²) in [7, 11) is -4.16. The topological polar surface area (TPSA) is 88.3 Å². The lowest BCUT2D eigenvalue weighted by molar-refractivity contribution is 0.482. The molecule has 160 valence electrons. The van der Waals surface area contributed by atoms with E-state index < -0.39 is 15.9 Å². The third-order valence-corrected chi connectivity index (χ3v) is 6.27. The molecule has 0 aliphatic heterocycles. The second kappa shape index (κ2) is 8.84. The van der Waals surface area contributed by atoms with Gasteiger partial charge in [-0.25, -0.2) is 9.97 Å². The summed E-state index contributed by atoms with van der Waals surface area (Å²) in [5.41, 5.74) is 2.21. The van der Waals surface area contributed by atoms with E-state index in [9.17, 15) is 13.0 Å². The molecule has 0 saturated carbocycles. The van der Waals surface area contributed by atoms with E-state index in [0.717, 1.165) is 16.6 Å². The van der Waals surface area contributed by atoms with Gasteiger partial charge in [-0.3, -0.25) is 4.55 Å². The second-order valence-corrected chi connectivity index (χ2v) is 9.28. The smallest absolute Gasteiger partial charge is 0.266 e. The molecular formula is C21H18Cl2N4O3S. The molecule has 7 nitrogen and oxygen atoms in total. The molecule has 0 saturated heterocycles. The van der Waals surface area contributed by atoms with Gasteiger partial charge in [0.25, 0.3) is 10.1 Å². The molecule has 4 aromatic rings. The van der Waals surface area contributed by atoms with Crippen LogP contribution in [0.15, 0.2) is 67.3 Å². The maximum atomic E-state index is 11.4. The fourth-order valence-corrected chi connectivity index (χ4v) is 4.09. The van der Waals surface area contributed by atoms with Crippen molar-refractivity contribution in [1.82, 2.24) is 14.5 Å². The molecular weight excluding hydrogens is 459 g/mol. The Bertz CT molecular complexity index is 1310. The molecule has 1 N–H and O–H groups in total. The Morgan fingerprint density at radius 1 is 1.10 bits per heavy atom. The molecule has 2 aromatic heterocycles. The second-order valence-electron chi connectivity index (χ2n) is 6.92. The summed E-state index contributed by atoms with van der Waals surface area (Å²) >= 11 is 12.7. The van der Waals surface area contributed by atoms with E-state index in [-0.39, 0.29) is 6.54 Å². The Labute approximate surface area is 189 Å². The number of aromatic nitrogens is 3. The number of hydrogen-bond acceptors (Lipinski definition) is 5. The van der Waals surface area contributed by atoms with Gasteiger partial charge in [0.15, 0.2) is 0 Å². The predicted molar refractivity (Wildman–Crippen MR) is 123 cm³/mol. The van der Waals surface area contributed by atoms with Crippen molar-refractivity contribution in [2.75, 3.05) is 17.2 Å².